The fourth-order valence-electron chi connectivity index (χ4n) is 1.25. The Labute approximate surface area is 105 Å². The molecule has 0 amide bonds. The average molecular weight is 257 g/mol. The third kappa shape index (κ3) is 6.28. The van der Waals surface area contributed by atoms with Gasteiger partial charge in [0.15, 0.2) is 0 Å². The number of rotatable bonds is 8. The average Bonchev–Trinajstić information content (AvgIpc) is 2.34. The van der Waals surface area contributed by atoms with Crippen molar-refractivity contribution < 1.29 is 13.7 Å². The van der Waals surface area contributed by atoms with Gasteiger partial charge in [0.25, 0.3) is 0 Å². The molecule has 0 spiro atoms. The lowest BCUT2D eigenvalue weighted by molar-refractivity contribution is 0.218. The predicted molar refractivity (Wildman–Crippen MR) is 70.7 cm³/mol. The Hall–Kier alpha value is -1.07. The van der Waals surface area contributed by atoms with Crippen LogP contribution < -0.4 is 10.5 Å². The van der Waals surface area contributed by atoms with Crippen LogP contribution in [0.5, 0.6) is 5.75 Å². The summed E-state index contributed by atoms with van der Waals surface area (Å²) in [7, 11) is 0.806. The fraction of sp³-hybridized carbons (Fsp3) is 0.500. The van der Waals surface area contributed by atoms with Gasteiger partial charge in [-0.05, 0) is 30.7 Å². The standard InChI is InChI=1S/C12H19NO3S/c1-15-8-10-17(14)9-2-7-16-12-5-3-11(13)4-6-12/h3-6H,2,7-10,13H2,1H3. The molecule has 0 aliphatic carbocycles. The van der Waals surface area contributed by atoms with Crippen molar-refractivity contribution in [3.05, 3.63) is 24.3 Å². The van der Waals surface area contributed by atoms with E-state index in [0.29, 0.717) is 24.7 Å². The third-order valence-corrected chi connectivity index (χ3v) is 3.55. The van der Waals surface area contributed by atoms with Crippen molar-refractivity contribution in [1.82, 2.24) is 0 Å². The molecular formula is C12H19NO3S. The van der Waals surface area contributed by atoms with Crippen LogP contribution in [0.1, 0.15) is 6.42 Å². The highest BCUT2D eigenvalue weighted by atomic mass is 32.2. The Bertz CT molecular complexity index is 340. The van der Waals surface area contributed by atoms with Crippen LogP contribution in [0.25, 0.3) is 0 Å². The summed E-state index contributed by atoms with van der Waals surface area (Å²) in [6.45, 7) is 1.12. The summed E-state index contributed by atoms with van der Waals surface area (Å²) in [5, 5.41) is 0. The zero-order valence-electron chi connectivity index (χ0n) is 10.1. The van der Waals surface area contributed by atoms with Crippen molar-refractivity contribution in [2.75, 3.05) is 37.6 Å². The molecule has 1 aromatic rings. The predicted octanol–water partition coefficient (Wildman–Crippen LogP) is 1.43. The van der Waals surface area contributed by atoms with Gasteiger partial charge in [-0.15, -0.1) is 0 Å². The van der Waals surface area contributed by atoms with E-state index in [-0.39, 0.29) is 0 Å². The van der Waals surface area contributed by atoms with Gasteiger partial charge in [0, 0.05) is 35.1 Å². The number of nitrogen functional groups attached to an aromatic ring is 1. The van der Waals surface area contributed by atoms with Crippen LogP contribution >= 0.6 is 0 Å². The Morgan fingerprint density at radius 2 is 1.88 bits per heavy atom. The molecule has 0 saturated carbocycles. The lowest BCUT2D eigenvalue weighted by atomic mass is 10.3. The molecule has 0 aliphatic rings. The Kier molecular flexibility index (Phi) is 6.65. The molecule has 1 atom stereocenters. The summed E-state index contributed by atoms with van der Waals surface area (Å²) in [4.78, 5) is 0. The molecule has 0 aromatic heterocycles. The van der Waals surface area contributed by atoms with Gasteiger partial charge in [0.1, 0.15) is 5.75 Å². The Balaban J connectivity index is 2.11. The van der Waals surface area contributed by atoms with E-state index in [0.717, 1.165) is 17.9 Å². The van der Waals surface area contributed by atoms with Crippen LogP contribution in [-0.2, 0) is 15.5 Å². The van der Waals surface area contributed by atoms with E-state index in [4.69, 9.17) is 15.2 Å². The van der Waals surface area contributed by atoms with Crippen LogP contribution in [0.2, 0.25) is 0 Å². The van der Waals surface area contributed by atoms with E-state index in [1.54, 1.807) is 19.2 Å². The van der Waals surface area contributed by atoms with E-state index in [2.05, 4.69) is 0 Å². The summed E-state index contributed by atoms with van der Waals surface area (Å²) in [5.74, 6) is 2.04. The second-order valence-electron chi connectivity index (χ2n) is 3.61. The molecule has 0 saturated heterocycles. The van der Waals surface area contributed by atoms with Gasteiger partial charge in [-0.25, -0.2) is 0 Å². The molecule has 0 bridgehead atoms. The van der Waals surface area contributed by atoms with Gasteiger partial charge in [0.05, 0.1) is 13.2 Å². The normalized spacial score (nSPS) is 12.3. The van der Waals surface area contributed by atoms with Gasteiger partial charge in [-0.2, -0.15) is 0 Å². The summed E-state index contributed by atoms with van der Waals surface area (Å²) in [6.07, 6.45) is 0.778. The fourth-order valence-corrected chi connectivity index (χ4v) is 2.25. The van der Waals surface area contributed by atoms with Gasteiger partial charge in [0.2, 0.25) is 0 Å². The van der Waals surface area contributed by atoms with E-state index >= 15 is 0 Å². The first-order valence-electron chi connectivity index (χ1n) is 5.54. The smallest absolute Gasteiger partial charge is 0.119 e. The van der Waals surface area contributed by atoms with Crippen LogP contribution in [0.15, 0.2) is 24.3 Å². The maximum absolute atomic E-state index is 11.4. The zero-order valence-corrected chi connectivity index (χ0v) is 10.9. The van der Waals surface area contributed by atoms with Crippen molar-refractivity contribution in [3.8, 4) is 5.75 Å². The highest BCUT2D eigenvalue weighted by molar-refractivity contribution is 7.84. The van der Waals surface area contributed by atoms with Gasteiger partial charge < -0.3 is 15.2 Å². The third-order valence-electron chi connectivity index (χ3n) is 2.18. The summed E-state index contributed by atoms with van der Waals surface area (Å²) in [6, 6.07) is 7.26. The summed E-state index contributed by atoms with van der Waals surface area (Å²) >= 11 is 0. The minimum atomic E-state index is -0.806. The van der Waals surface area contributed by atoms with Gasteiger partial charge in [-0.1, -0.05) is 0 Å². The van der Waals surface area contributed by atoms with E-state index in [1.165, 1.54) is 0 Å². The molecule has 4 nitrogen and oxygen atoms in total. The van der Waals surface area contributed by atoms with Crippen LogP contribution in [-0.4, -0.2) is 36.0 Å². The first-order valence-corrected chi connectivity index (χ1v) is 7.03. The monoisotopic (exact) mass is 257 g/mol. The molecule has 5 heteroatoms. The molecule has 0 aliphatic heterocycles. The Morgan fingerprint density at radius 1 is 1.18 bits per heavy atom. The second kappa shape index (κ2) is 8.08. The summed E-state index contributed by atoms with van der Waals surface area (Å²) < 4.78 is 21.8. The SMILES string of the molecule is COCCS(=O)CCCOc1ccc(N)cc1. The molecule has 0 fully saturated rings. The van der Waals surface area contributed by atoms with Crippen molar-refractivity contribution in [2.24, 2.45) is 0 Å². The number of hydrogen-bond acceptors (Lipinski definition) is 4. The minimum Gasteiger partial charge on any atom is -0.494 e. The number of nitrogens with two attached hydrogens (primary N) is 1. The first kappa shape index (κ1) is 14.0. The molecule has 1 unspecified atom stereocenters. The molecule has 17 heavy (non-hydrogen) atoms. The largest absolute Gasteiger partial charge is 0.494 e. The minimum absolute atomic E-state index is 0.547. The second-order valence-corrected chi connectivity index (χ2v) is 5.31. The molecule has 1 aromatic carbocycles. The molecule has 1 rings (SSSR count). The summed E-state index contributed by atoms with van der Waals surface area (Å²) in [5.41, 5.74) is 6.28. The van der Waals surface area contributed by atoms with Crippen LogP contribution in [0, 0.1) is 0 Å². The van der Waals surface area contributed by atoms with Crippen molar-refractivity contribution in [2.45, 2.75) is 6.42 Å². The molecule has 0 heterocycles. The lowest BCUT2D eigenvalue weighted by Crippen LogP contribution is -2.10. The highest BCUT2D eigenvalue weighted by Gasteiger charge is 2.00. The highest BCUT2D eigenvalue weighted by Crippen LogP contribution is 2.13. The number of methoxy groups -OCH3 is 1. The van der Waals surface area contributed by atoms with Gasteiger partial charge in [-0.3, -0.25) is 4.21 Å². The number of ether oxygens (including phenoxy) is 2. The van der Waals surface area contributed by atoms with E-state index in [1.807, 2.05) is 12.1 Å². The zero-order chi connectivity index (χ0) is 12.5. The topological polar surface area (TPSA) is 61.5 Å². The van der Waals surface area contributed by atoms with E-state index < -0.39 is 10.8 Å². The quantitative estimate of drug-likeness (QED) is 0.565. The molecular weight excluding hydrogens is 238 g/mol. The molecule has 0 radical (unpaired) electrons. The number of benzene rings is 1. The maximum Gasteiger partial charge on any atom is 0.119 e. The Morgan fingerprint density at radius 3 is 2.53 bits per heavy atom. The van der Waals surface area contributed by atoms with Crippen LogP contribution in [0.3, 0.4) is 0 Å². The van der Waals surface area contributed by atoms with Crippen LogP contribution in [0.4, 0.5) is 5.69 Å². The van der Waals surface area contributed by atoms with Crippen molar-refractivity contribution >= 4 is 16.5 Å². The lowest BCUT2D eigenvalue weighted by Gasteiger charge is -2.06. The van der Waals surface area contributed by atoms with Gasteiger partial charge >= 0.3 is 0 Å². The number of anilines is 1. The van der Waals surface area contributed by atoms with Crippen molar-refractivity contribution in [1.29, 1.82) is 0 Å². The first-order chi connectivity index (χ1) is 8.22. The molecule has 96 valence electrons. The molecule has 2 N–H and O–H groups in total. The number of hydrogen-bond donors (Lipinski definition) is 1. The van der Waals surface area contributed by atoms with Crippen molar-refractivity contribution in [3.63, 3.8) is 0 Å². The van der Waals surface area contributed by atoms with E-state index in [9.17, 15) is 4.21 Å². The maximum atomic E-state index is 11.4.